The van der Waals surface area contributed by atoms with Crippen molar-refractivity contribution in [3.8, 4) is 5.75 Å². The van der Waals surface area contributed by atoms with Crippen molar-refractivity contribution in [2.24, 2.45) is 5.92 Å². The number of ether oxygens (including phenoxy) is 1. The van der Waals surface area contributed by atoms with Crippen molar-refractivity contribution >= 4 is 0 Å². The Morgan fingerprint density at radius 1 is 1.38 bits per heavy atom. The molecule has 1 N–H and O–H groups in total. The molecule has 112 valence electrons. The van der Waals surface area contributed by atoms with Crippen LogP contribution in [0.3, 0.4) is 0 Å². The first-order valence-electron chi connectivity index (χ1n) is 7.42. The number of hydrogen-bond acceptors (Lipinski definition) is 4. The average Bonchev–Trinajstić information content (AvgIpc) is 2.95. The van der Waals surface area contributed by atoms with Crippen molar-refractivity contribution < 1.29 is 9.84 Å². The molecule has 1 aromatic carbocycles. The number of aromatic nitrogens is 3. The van der Waals surface area contributed by atoms with Crippen LogP contribution in [0.4, 0.5) is 0 Å². The molecule has 21 heavy (non-hydrogen) atoms. The van der Waals surface area contributed by atoms with Crippen LogP contribution < -0.4 is 4.74 Å². The third-order valence-electron chi connectivity index (χ3n) is 3.98. The molecule has 2 heterocycles. The van der Waals surface area contributed by atoms with Gasteiger partial charge in [0.1, 0.15) is 17.9 Å². The topological polar surface area (TPSA) is 60.2 Å². The number of aliphatic hydroxyl groups is 1. The van der Waals surface area contributed by atoms with E-state index in [0.29, 0.717) is 13.0 Å². The molecular weight excluding hydrogens is 266 g/mol. The van der Waals surface area contributed by atoms with Gasteiger partial charge in [0, 0.05) is 18.4 Å². The number of benzene rings is 1. The lowest BCUT2D eigenvalue weighted by molar-refractivity contribution is 0.0628. The first kappa shape index (κ1) is 14.1. The molecule has 0 spiro atoms. The summed E-state index contributed by atoms with van der Waals surface area (Å²) in [6, 6.07) is 8.27. The highest BCUT2D eigenvalue weighted by Crippen LogP contribution is 2.29. The second-order valence-electron chi connectivity index (χ2n) is 5.87. The van der Waals surface area contributed by atoms with E-state index < -0.39 is 6.10 Å². The van der Waals surface area contributed by atoms with Crippen molar-refractivity contribution in [2.45, 2.75) is 38.8 Å². The van der Waals surface area contributed by atoms with Gasteiger partial charge < -0.3 is 9.84 Å². The van der Waals surface area contributed by atoms with E-state index in [1.54, 1.807) is 6.33 Å². The molecule has 3 rings (SSSR count). The normalized spacial score (nSPS) is 19.1. The molecule has 0 bridgehead atoms. The van der Waals surface area contributed by atoms with Gasteiger partial charge in [-0.25, -0.2) is 9.67 Å². The van der Waals surface area contributed by atoms with Gasteiger partial charge in [-0.3, -0.25) is 0 Å². The fourth-order valence-electron chi connectivity index (χ4n) is 2.80. The maximum Gasteiger partial charge on any atom is 0.138 e. The number of fused-ring (bicyclic) bond motifs is 1. The quantitative estimate of drug-likeness (QED) is 0.934. The second-order valence-corrected chi connectivity index (χ2v) is 5.87. The zero-order chi connectivity index (χ0) is 14.8. The zero-order valence-electron chi connectivity index (χ0n) is 12.4. The molecule has 1 aliphatic rings. The van der Waals surface area contributed by atoms with E-state index in [-0.39, 0.29) is 12.0 Å². The number of nitrogens with zero attached hydrogens (tertiary/aromatic N) is 3. The molecule has 0 amide bonds. The van der Waals surface area contributed by atoms with Gasteiger partial charge in [-0.2, -0.15) is 5.10 Å². The predicted octanol–water partition coefficient (Wildman–Crippen LogP) is 2.01. The average molecular weight is 287 g/mol. The Balaban J connectivity index is 1.69. The molecule has 2 aromatic rings. The highest BCUT2D eigenvalue weighted by atomic mass is 16.5. The smallest absolute Gasteiger partial charge is 0.138 e. The summed E-state index contributed by atoms with van der Waals surface area (Å²) >= 11 is 0. The minimum atomic E-state index is -0.472. The van der Waals surface area contributed by atoms with Gasteiger partial charge in [0.15, 0.2) is 0 Å². The van der Waals surface area contributed by atoms with E-state index in [1.807, 2.05) is 22.9 Å². The fourth-order valence-corrected chi connectivity index (χ4v) is 2.80. The number of hydrogen-bond donors (Lipinski definition) is 1. The van der Waals surface area contributed by atoms with Crippen molar-refractivity contribution in [1.82, 2.24) is 14.8 Å². The van der Waals surface area contributed by atoms with Gasteiger partial charge in [0.2, 0.25) is 0 Å². The standard InChI is InChI=1S/C16H21N3O2/c1-11(2)19-16(17-10-18-19)8-14(20)13-7-12-5-3-4-6-15(12)21-9-13/h3-6,10-11,13-14,20H,7-9H2,1-2H3. The molecule has 0 radical (unpaired) electrons. The molecule has 5 nitrogen and oxygen atoms in total. The molecule has 0 aliphatic carbocycles. The largest absolute Gasteiger partial charge is 0.493 e. The number of aliphatic hydroxyl groups excluding tert-OH is 1. The van der Waals surface area contributed by atoms with E-state index in [0.717, 1.165) is 23.6 Å². The van der Waals surface area contributed by atoms with Crippen LogP contribution >= 0.6 is 0 Å². The zero-order valence-corrected chi connectivity index (χ0v) is 12.4. The summed E-state index contributed by atoms with van der Waals surface area (Å²) in [5.74, 6) is 1.86. The third-order valence-corrected chi connectivity index (χ3v) is 3.98. The Kier molecular flexibility index (Phi) is 3.92. The second kappa shape index (κ2) is 5.85. The highest BCUT2D eigenvalue weighted by Gasteiger charge is 2.27. The lowest BCUT2D eigenvalue weighted by Crippen LogP contribution is -2.33. The van der Waals surface area contributed by atoms with Gasteiger partial charge in [0.05, 0.1) is 12.7 Å². The van der Waals surface area contributed by atoms with Crippen LogP contribution in [0.5, 0.6) is 5.75 Å². The van der Waals surface area contributed by atoms with Crippen molar-refractivity contribution in [1.29, 1.82) is 0 Å². The van der Waals surface area contributed by atoms with E-state index in [1.165, 1.54) is 0 Å². The summed E-state index contributed by atoms with van der Waals surface area (Å²) in [6.07, 6.45) is 2.43. The summed E-state index contributed by atoms with van der Waals surface area (Å²) < 4.78 is 7.61. The minimum absolute atomic E-state index is 0.0946. The summed E-state index contributed by atoms with van der Waals surface area (Å²) in [6.45, 7) is 4.67. The molecule has 0 saturated heterocycles. The number of para-hydroxylation sites is 1. The monoisotopic (exact) mass is 287 g/mol. The lowest BCUT2D eigenvalue weighted by atomic mass is 9.90. The fraction of sp³-hybridized carbons (Fsp3) is 0.500. The lowest BCUT2D eigenvalue weighted by Gasteiger charge is -2.28. The van der Waals surface area contributed by atoms with E-state index in [4.69, 9.17) is 4.74 Å². The maximum atomic E-state index is 10.5. The van der Waals surface area contributed by atoms with Crippen molar-refractivity contribution in [2.75, 3.05) is 6.61 Å². The van der Waals surface area contributed by atoms with Gasteiger partial charge >= 0.3 is 0 Å². The van der Waals surface area contributed by atoms with Crippen LogP contribution in [-0.2, 0) is 12.8 Å². The Bertz CT molecular complexity index is 609. The molecule has 0 fully saturated rings. The Hall–Kier alpha value is -1.88. The molecule has 0 saturated carbocycles. The van der Waals surface area contributed by atoms with Gasteiger partial charge in [-0.1, -0.05) is 18.2 Å². The van der Waals surface area contributed by atoms with Crippen molar-refractivity contribution in [3.05, 3.63) is 42.0 Å². The molecule has 1 aromatic heterocycles. The van der Waals surface area contributed by atoms with Crippen LogP contribution in [0, 0.1) is 5.92 Å². The molecule has 2 unspecified atom stereocenters. The van der Waals surface area contributed by atoms with Gasteiger partial charge in [-0.05, 0) is 31.9 Å². The summed E-state index contributed by atoms with van der Waals surface area (Å²) in [5, 5.41) is 14.7. The Morgan fingerprint density at radius 2 is 2.19 bits per heavy atom. The molecule has 5 heteroatoms. The molecular formula is C16H21N3O2. The molecule has 1 aliphatic heterocycles. The van der Waals surface area contributed by atoms with Crippen LogP contribution in [0.2, 0.25) is 0 Å². The van der Waals surface area contributed by atoms with Crippen LogP contribution in [-0.4, -0.2) is 32.6 Å². The maximum absolute atomic E-state index is 10.5. The van der Waals surface area contributed by atoms with Crippen molar-refractivity contribution in [3.63, 3.8) is 0 Å². The number of rotatable bonds is 4. The first-order valence-corrected chi connectivity index (χ1v) is 7.42. The van der Waals surface area contributed by atoms with Gasteiger partial charge in [-0.15, -0.1) is 0 Å². The first-order chi connectivity index (χ1) is 10.1. The summed E-state index contributed by atoms with van der Waals surface area (Å²) in [5.41, 5.74) is 1.16. The van der Waals surface area contributed by atoms with Gasteiger partial charge in [0.25, 0.3) is 0 Å². The van der Waals surface area contributed by atoms with Crippen LogP contribution in [0.1, 0.15) is 31.3 Å². The summed E-state index contributed by atoms with van der Waals surface area (Å²) in [4.78, 5) is 4.27. The summed E-state index contributed by atoms with van der Waals surface area (Å²) in [7, 11) is 0. The van der Waals surface area contributed by atoms with Crippen LogP contribution in [0.15, 0.2) is 30.6 Å². The Labute approximate surface area is 124 Å². The van der Waals surface area contributed by atoms with E-state index in [9.17, 15) is 5.11 Å². The van der Waals surface area contributed by atoms with E-state index in [2.05, 4.69) is 30.0 Å². The highest BCUT2D eigenvalue weighted by molar-refractivity contribution is 5.35. The third kappa shape index (κ3) is 2.93. The molecule has 2 atom stereocenters. The SMILES string of the molecule is CC(C)n1ncnc1CC(O)C1COc2ccccc2C1. The minimum Gasteiger partial charge on any atom is -0.493 e. The predicted molar refractivity (Wildman–Crippen MR) is 79.2 cm³/mol. The Morgan fingerprint density at radius 3 is 3.00 bits per heavy atom. The van der Waals surface area contributed by atoms with Crippen LogP contribution in [0.25, 0.3) is 0 Å². The van der Waals surface area contributed by atoms with E-state index >= 15 is 0 Å².